The highest BCUT2D eigenvalue weighted by Gasteiger charge is 2.40. The zero-order valence-electron chi connectivity index (χ0n) is 21.5. The molecule has 0 fully saturated rings. The number of aryl methyl sites for hydroxylation is 1. The van der Waals surface area contributed by atoms with Crippen LogP contribution >= 0.6 is 23.1 Å². The monoisotopic (exact) mass is 526 g/mol. The van der Waals surface area contributed by atoms with Gasteiger partial charge in [-0.05, 0) is 36.9 Å². The third-order valence-corrected chi connectivity index (χ3v) is 8.35. The average molecular weight is 527 g/mol. The predicted molar refractivity (Wildman–Crippen MR) is 147 cm³/mol. The molecule has 36 heavy (non-hydrogen) atoms. The van der Waals surface area contributed by atoms with E-state index in [4.69, 9.17) is 9.84 Å². The number of hydrogen-bond acceptors (Lipinski definition) is 6. The molecular formula is C27H34N4O3S2. The SMILES string of the molecule is COCCCNC(=O)CN1C(=O)CS[C@@H](c2cccs2)c2c(C(C)(C)C)nn(-c3ccc(C)cc3)c21. The standard InChI is InChI=1S/C27H34N4O3S2/c1-18-9-11-19(12-10-18)31-26-23(25(29-31)27(2,3)4)24(20-8-6-15-35-20)36-17-22(33)30(26)16-21(32)28-13-7-14-34-5/h6,8-12,15,24H,7,13-14,16-17H2,1-5H3,(H,28,32)/t24-/m0/s1. The highest BCUT2D eigenvalue weighted by molar-refractivity contribution is 8.00. The molecule has 1 aromatic carbocycles. The molecule has 7 nitrogen and oxygen atoms in total. The zero-order valence-corrected chi connectivity index (χ0v) is 23.2. The van der Waals surface area contributed by atoms with E-state index in [2.05, 4.69) is 37.5 Å². The number of thioether (sulfide) groups is 1. The summed E-state index contributed by atoms with van der Waals surface area (Å²) in [7, 11) is 1.64. The molecule has 192 valence electrons. The Morgan fingerprint density at radius 3 is 2.61 bits per heavy atom. The highest BCUT2D eigenvalue weighted by Crippen LogP contribution is 2.49. The second-order valence-electron chi connectivity index (χ2n) is 9.97. The van der Waals surface area contributed by atoms with Crippen molar-refractivity contribution >= 4 is 40.7 Å². The van der Waals surface area contributed by atoms with Gasteiger partial charge in [0, 0.05) is 36.1 Å². The first-order valence-corrected chi connectivity index (χ1v) is 14.0. The number of anilines is 1. The molecule has 2 amide bonds. The fourth-order valence-electron chi connectivity index (χ4n) is 4.25. The quantitative estimate of drug-likeness (QED) is 0.424. The van der Waals surface area contributed by atoms with Gasteiger partial charge in [0.2, 0.25) is 11.8 Å². The summed E-state index contributed by atoms with van der Waals surface area (Å²) in [5.74, 6) is 0.676. The van der Waals surface area contributed by atoms with E-state index < -0.39 is 0 Å². The molecule has 0 radical (unpaired) electrons. The van der Waals surface area contributed by atoms with E-state index in [9.17, 15) is 9.59 Å². The largest absolute Gasteiger partial charge is 0.385 e. The van der Waals surface area contributed by atoms with E-state index in [-0.39, 0.29) is 34.8 Å². The van der Waals surface area contributed by atoms with Gasteiger partial charge in [-0.2, -0.15) is 5.10 Å². The van der Waals surface area contributed by atoms with E-state index in [0.29, 0.717) is 25.4 Å². The Bertz CT molecular complexity index is 1200. The molecule has 2 aromatic heterocycles. The topological polar surface area (TPSA) is 76.5 Å². The fraction of sp³-hybridized carbons (Fsp3) is 0.444. The van der Waals surface area contributed by atoms with Crippen molar-refractivity contribution < 1.29 is 14.3 Å². The summed E-state index contributed by atoms with van der Waals surface area (Å²) in [6.07, 6.45) is 0.715. The number of aromatic nitrogens is 2. The number of hydrogen-bond donors (Lipinski definition) is 1. The maximum absolute atomic E-state index is 13.6. The lowest BCUT2D eigenvalue weighted by Crippen LogP contribution is -2.42. The van der Waals surface area contributed by atoms with Gasteiger partial charge < -0.3 is 10.1 Å². The Morgan fingerprint density at radius 1 is 1.22 bits per heavy atom. The number of methoxy groups -OCH3 is 1. The lowest BCUT2D eigenvalue weighted by atomic mass is 9.88. The molecule has 1 N–H and O–H groups in total. The zero-order chi connectivity index (χ0) is 25.9. The molecular weight excluding hydrogens is 492 g/mol. The van der Waals surface area contributed by atoms with Crippen molar-refractivity contribution in [2.24, 2.45) is 0 Å². The Kier molecular flexibility index (Phi) is 8.22. The molecule has 9 heteroatoms. The predicted octanol–water partition coefficient (Wildman–Crippen LogP) is 4.86. The maximum Gasteiger partial charge on any atom is 0.240 e. The number of rotatable bonds is 8. The highest BCUT2D eigenvalue weighted by atomic mass is 32.2. The van der Waals surface area contributed by atoms with E-state index >= 15 is 0 Å². The molecule has 3 aromatic rings. The summed E-state index contributed by atoms with van der Waals surface area (Å²) in [6, 6.07) is 12.3. The van der Waals surface area contributed by atoms with Crippen molar-refractivity contribution in [3.63, 3.8) is 0 Å². The van der Waals surface area contributed by atoms with E-state index in [1.165, 1.54) is 4.88 Å². The number of carbonyl (C=O) groups excluding carboxylic acids is 2. The number of thiophene rings is 1. The van der Waals surface area contributed by atoms with E-state index in [1.807, 2.05) is 41.9 Å². The Morgan fingerprint density at radius 2 is 1.97 bits per heavy atom. The van der Waals surface area contributed by atoms with Crippen LogP contribution in [0.3, 0.4) is 0 Å². The van der Waals surface area contributed by atoms with Gasteiger partial charge in [-0.3, -0.25) is 14.5 Å². The molecule has 3 heterocycles. The summed E-state index contributed by atoms with van der Waals surface area (Å²) >= 11 is 3.29. The number of fused-ring (bicyclic) bond motifs is 1. The molecule has 0 saturated carbocycles. The number of ether oxygens (including phenoxy) is 1. The third-order valence-electron chi connectivity index (χ3n) is 6.03. The van der Waals surface area contributed by atoms with Crippen molar-refractivity contribution in [3.8, 4) is 5.69 Å². The first-order chi connectivity index (χ1) is 17.2. The second kappa shape index (κ2) is 11.2. The minimum atomic E-state index is -0.266. The fourth-order valence-corrected chi connectivity index (χ4v) is 6.42. The van der Waals surface area contributed by atoms with Gasteiger partial charge in [0.1, 0.15) is 12.4 Å². The van der Waals surface area contributed by atoms with Crippen molar-refractivity contribution in [2.45, 2.75) is 44.8 Å². The normalized spacial score (nSPS) is 16.1. The van der Waals surface area contributed by atoms with Crippen LogP contribution < -0.4 is 10.2 Å². The van der Waals surface area contributed by atoms with Crippen LogP contribution in [0, 0.1) is 6.92 Å². The second-order valence-corrected chi connectivity index (χ2v) is 12.0. The summed E-state index contributed by atoms with van der Waals surface area (Å²) in [5, 5.41) is 10.1. The summed E-state index contributed by atoms with van der Waals surface area (Å²) in [6.45, 7) is 9.49. The van der Waals surface area contributed by atoms with E-state index in [1.54, 1.807) is 35.1 Å². The molecule has 1 aliphatic rings. The van der Waals surface area contributed by atoms with Crippen LogP contribution in [0.4, 0.5) is 5.82 Å². The number of amides is 2. The van der Waals surface area contributed by atoms with Crippen LogP contribution in [0.1, 0.15) is 54.1 Å². The van der Waals surface area contributed by atoms with Crippen molar-refractivity contribution in [1.29, 1.82) is 0 Å². The minimum absolute atomic E-state index is 0.0489. The molecule has 0 aliphatic carbocycles. The van der Waals surface area contributed by atoms with Crippen molar-refractivity contribution in [1.82, 2.24) is 15.1 Å². The third kappa shape index (κ3) is 5.68. The van der Waals surface area contributed by atoms with Crippen molar-refractivity contribution in [2.75, 3.05) is 37.5 Å². The van der Waals surface area contributed by atoms with Gasteiger partial charge in [0.25, 0.3) is 0 Å². The van der Waals surface area contributed by atoms with Gasteiger partial charge in [0.05, 0.1) is 22.4 Å². The van der Waals surface area contributed by atoms with Crippen LogP contribution in [-0.2, 0) is 19.7 Å². The number of nitrogens with one attached hydrogen (secondary N) is 1. The average Bonchev–Trinajstić information content (AvgIpc) is 3.47. The smallest absolute Gasteiger partial charge is 0.240 e. The minimum Gasteiger partial charge on any atom is -0.385 e. The first-order valence-electron chi connectivity index (χ1n) is 12.1. The number of carbonyl (C=O) groups is 2. The number of nitrogens with zero attached hydrogens (tertiary/aromatic N) is 3. The molecule has 1 atom stereocenters. The van der Waals surface area contributed by atoms with Gasteiger partial charge in [0.15, 0.2) is 0 Å². The first kappa shape index (κ1) is 26.4. The van der Waals surface area contributed by atoms with Crippen LogP contribution in [0.5, 0.6) is 0 Å². The molecule has 0 saturated heterocycles. The van der Waals surface area contributed by atoms with Crippen molar-refractivity contribution in [3.05, 3.63) is 63.5 Å². The molecule has 0 unspecified atom stereocenters. The van der Waals surface area contributed by atoms with Gasteiger partial charge in [-0.1, -0.05) is 44.5 Å². The number of benzene rings is 1. The molecule has 0 bridgehead atoms. The van der Waals surface area contributed by atoms with E-state index in [0.717, 1.165) is 22.5 Å². The summed E-state index contributed by atoms with van der Waals surface area (Å²) in [4.78, 5) is 29.3. The Hall–Kier alpha value is -2.62. The maximum atomic E-state index is 13.6. The molecule has 1 aliphatic heterocycles. The lowest BCUT2D eigenvalue weighted by Gasteiger charge is -2.24. The van der Waals surface area contributed by atoms with Crippen LogP contribution in [-0.4, -0.2) is 54.2 Å². The summed E-state index contributed by atoms with van der Waals surface area (Å²) < 4.78 is 6.94. The van der Waals surface area contributed by atoms with Gasteiger partial charge in [-0.25, -0.2) is 4.68 Å². The summed E-state index contributed by atoms with van der Waals surface area (Å²) in [5.41, 5.74) is 3.68. The molecule has 0 spiro atoms. The Balaban J connectivity index is 1.87. The van der Waals surface area contributed by atoms with Crippen LogP contribution in [0.15, 0.2) is 41.8 Å². The van der Waals surface area contributed by atoms with Gasteiger partial charge >= 0.3 is 0 Å². The lowest BCUT2D eigenvalue weighted by molar-refractivity contribution is -0.122. The van der Waals surface area contributed by atoms with Crippen LogP contribution in [0.2, 0.25) is 0 Å². The van der Waals surface area contributed by atoms with Gasteiger partial charge in [-0.15, -0.1) is 23.1 Å². The van der Waals surface area contributed by atoms with Crippen LogP contribution in [0.25, 0.3) is 5.69 Å². The molecule has 4 rings (SSSR count). The Labute approximate surface area is 221 Å².